The van der Waals surface area contributed by atoms with E-state index in [1.165, 1.54) is 4.57 Å². The second kappa shape index (κ2) is 7.22. The Morgan fingerprint density at radius 1 is 1.08 bits per heavy atom. The van der Waals surface area contributed by atoms with Crippen molar-refractivity contribution < 1.29 is 4.79 Å². The van der Waals surface area contributed by atoms with Gasteiger partial charge in [0.05, 0.1) is 10.9 Å². The molecular weight excluding hydrogens is 433 g/mol. The number of halogens is 1. The summed E-state index contributed by atoms with van der Waals surface area (Å²) >= 11 is 2.16. The van der Waals surface area contributed by atoms with Crippen LogP contribution in [0.4, 0.5) is 5.69 Å². The summed E-state index contributed by atoms with van der Waals surface area (Å²) in [4.78, 5) is 37.4. The third-order valence-corrected chi connectivity index (χ3v) is 4.53. The van der Waals surface area contributed by atoms with Crippen molar-refractivity contribution in [2.45, 2.75) is 20.0 Å². The number of amides is 1. The molecule has 3 rings (SSSR count). The molecule has 7 heteroatoms. The number of carbonyl (C=O) groups is 1. The molecule has 1 heterocycles. The third kappa shape index (κ3) is 3.51. The standard InChI is InChI=1S/C18H16IN3O3/c1-2-21-17(24)14-8-3-4-9-15(14)22(18(21)25)11-16(23)20-13-7-5-6-12(19)10-13/h3-10H,2,11H2,1H3,(H,20,23). The molecule has 1 aromatic heterocycles. The molecule has 0 bridgehead atoms. The summed E-state index contributed by atoms with van der Waals surface area (Å²) in [5.41, 5.74) is 0.305. The van der Waals surface area contributed by atoms with Crippen molar-refractivity contribution in [3.05, 3.63) is 72.9 Å². The maximum Gasteiger partial charge on any atom is 0.331 e. The number of rotatable bonds is 4. The highest BCUT2D eigenvalue weighted by atomic mass is 127. The predicted octanol–water partition coefficient (Wildman–Crippen LogP) is 2.43. The number of hydrogen-bond donors (Lipinski definition) is 1. The van der Waals surface area contributed by atoms with Crippen LogP contribution in [0.5, 0.6) is 0 Å². The molecule has 0 fully saturated rings. The van der Waals surface area contributed by atoms with E-state index in [1.54, 1.807) is 37.3 Å². The fraction of sp³-hybridized carbons (Fsp3) is 0.167. The van der Waals surface area contributed by atoms with Crippen LogP contribution in [0.1, 0.15) is 6.92 Å². The Morgan fingerprint density at radius 3 is 2.56 bits per heavy atom. The highest BCUT2D eigenvalue weighted by Gasteiger charge is 2.14. The van der Waals surface area contributed by atoms with Crippen molar-refractivity contribution in [3.63, 3.8) is 0 Å². The lowest BCUT2D eigenvalue weighted by Gasteiger charge is -2.13. The fourth-order valence-corrected chi connectivity index (χ4v) is 3.26. The molecule has 0 aliphatic rings. The van der Waals surface area contributed by atoms with Crippen molar-refractivity contribution >= 4 is 45.1 Å². The van der Waals surface area contributed by atoms with Crippen molar-refractivity contribution in [2.24, 2.45) is 0 Å². The first-order chi connectivity index (χ1) is 12.0. The van der Waals surface area contributed by atoms with Crippen LogP contribution in [0.25, 0.3) is 10.9 Å². The first-order valence-corrected chi connectivity index (χ1v) is 8.87. The van der Waals surface area contributed by atoms with Crippen LogP contribution in [0, 0.1) is 3.57 Å². The molecule has 0 atom stereocenters. The fourth-order valence-electron chi connectivity index (χ4n) is 2.71. The van der Waals surface area contributed by atoms with Gasteiger partial charge in [-0.2, -0.15) is 0 Å². The van der Waals surface area contributed by atoms with Gasteiger partial charge in [0.2, 0.25) is 5.91 Å². The molecule has 0 saturated carbocycles. The second-order valence-electron chi connectivity index (χ2n) is 5.49. The molecule has 1 N–H and O–H groups in total. The average Bonchev–Trinajstić information content (AvgIpc) is 2.59. The molecule has 128 valence electrons. The van der Waals surface area contributed by atoms with E-state index in [1.807, 2.05) is 18.2 Å². The first kappa shape index (κ1) is 17.4. The molecule has 0 saturated heterocycles. The Bertz CT molecular complexity index is 1070. The Balaban J connectivity index is 2.02. The van der Waals surface area contributed by atoms with Gasteiger partial charge in [-0.1, -0.05) is 18.2 Å². The summed E-state index contributed by atoms with van der Waals surface area (Å²) in [6, 6.07) is 14.2. The summed E-state index contributed by atoms with van der Waals surface area (Å²) in [7, 11) is 0. The monoisotopic (exact) mass is 449 g/mol. The lowest BCUT2D eigenvalue weighted by Crippen LogP contribution is -2.41. The molecule has 1 amide bonds. The maximum atomic E-state index is 12.6. The number of aromatic nitrogens is 2. The van der Waals surface area contributed by atoms with Gasteiger partial charge in [0.25, 0.3) is 5.56 Å². The lowest BCUT2D eigenvalue weighted by molar-refractivity contribution is -0.116. The van der Waals surface area contributed by atoms with Crippen LogP contribution in [-0.2, 0) is 17.9 Å². The zero-order chi connectivity index (χ0) is 18.0. The van der Waals surface area contributed by atoms with Crippen LogP contribution >= 0.6 is 22.6 Å². The molecule has 6 nitrogen and oxygen atoms in total. The van der Waals surface area contributed by atoms with Gasteiger partial charge >= 0.3 is 5.69 Å². The number of fused-ring (bicyclic) bond motifs is 1. The summed E-state index contributed by atoms with van der Waals surface area (Å²) in [6.45, 7) is 1.82. The highest BCUT2D eigenvalue weighted by molar-refractivity contribution is 14.1. The van der Waals surface area contributed by atoms with Crippen molar-refractivity contribution in [2.75, 3.05) is 5.32 Å². The third-order valence-electron chi connectivity index (χ3n) is 3.86. The smallest absolute Gasteiger partial charge is 0.324 e. The number of hydrogen-bond acceptors (Lipinski definition) is 3. The Hall–Kier alpha value is -2.42. The molecule has 0 spiro atoms. The number of carbonyl (C=O) groups excluding carboxylic acids is 1. The van der Waals surface area contributed by atoms with Gasteiger partial charge < -0.3 is 5.32 Å². The predicted molar refractivity (Wildman–Crippen MR) is 106 cm³/mol. The largest absolute Gasteiger partial charge is 0.331 e. The number of anilines is 1. The van der Waals surface area contributed by atoms with Gasteiger partial charge in [0.1, 0.15) is 6.54 Å². The second-order valence-corrected chi connectivity index (χ2v) is 6.74. The normalized spacial score (nSPS) is 10.8. The molecule has 2 aromatic carbocycles. The zero-order valence-corrected chi connectivity index (χ0v) is 15.7. The van der Waals surface area contributed by atoms with Crippen LogP contribution in [-0.4, -0.2) is 15.0 Å². The van der Waals surface area contributed by atoms with E-state index >= 15 is 0 Å². The van der Waals surface area contributed by atoms with Gasteiger partial charge in [-0.15, -0.1) is 0 Å². The van der Waals surface area contributed by atoms with Crippen LogP contribution < -0.4 is 16.6 Å². The first-order valence-electron chi connectivity index (χ1n) is 7.79. The van der Waals surface area contributed by atoms with Gasteiger partial charge in [-0.05, 0) is 59.8 Å². The number of nitrogens with one attached hydrogen (secondary N) is 1. The van der Waals surface area contributed by atoms with E-state index < -0.39 is 5.69 Å². The SMILES string of the molecule is CCn1c(=O)c2ccccc2n(CC(=O)Nc2cccc(I)c2)c1=O. The number of benzene rings is 2. The molecule has 3 aromatic rings. The molecular formula is C18H16IN3O3. The summed E-state index contributed by atoms with van der Waals surface area (Å²) in [6.07, 6.45) is 0. The Labute approximate surface area is 157 Å². The lowest BCUT2D eigenvalue weighted by atomic mass is 10.2. The van der Waals surface area contributed by atoms with E-state index in [9.17, 15) is 14.4 Å². The summed E-state index contributed by atoms with van der Waals surface area (Å²) < 4.78 is 3.47. The minimum absolute atomic E-state index is 0.162. The number of nitrogens with zero attached hydrogens (tertiary/aromatic N) is 2. The summed E-state index contributed by atoms with van der Waals surface area (Å²) in [5, 5.41) is 3.21. The van der Waals surface area contributed by atoms with E-state index in [-0.39, 0.29) is 24.6 Å². The minimum Gasteiger partial charge on any atom is -0.324 e. The van der Waals surface area contributed by atoms with Gasteiger partial charge in [-0.3, -0.25) is 18.7 Å². The van der Waals surface area contributed by atoms with Gasteiger partial charge in [-0.25, -0.2) is 4.79 Å². The zero-order valence-electron chi connectivity index (χ0n) is 13.5. The van der Waals surface area contributed by atoms with Crippen LogP contribution in [0.2, 0.25) is 0 Å². The van der Waals surface area contributed by atoms with Crippen molar-refractivity contribution in [1.29, 1.82) is 0 Å². The van der Waals surface area contributed by atoms with E-state index in [2.05, 4.69) is 27.9 Å². The van der Waals surface area contributed by atoms with Gasteiger partial charge in [0.15, 0.2) is 0 Å². The average molecular weight is 449 g/mol. The number of para-hydroxylation sites is 1. The van der Waals surface area contributed by atoms with Crippen LogP contribution in [0.3, 0.4) is 0 Å². The van der Waals surface area contributed by atoms with E-state index in [4.69, 9.17) is 0 Å². The molecule has 0 aliphatic carbocycles. The van der Waals surface area contributed by atoms with Gasteiger partial charge in [0, 0.05) is 15.8 Å². The quantitative estimate of drug-likeness (QED) is 0.622. The summed E-state index contributed by atoms with van der Waals surface area (Å²) in [5.74, 6) is -0.324. The molecule has 0 aliphatic heterocycles. The minimum atomic E-state index is -0.482. The van der Waals surface area contributed by atoms with E-state index in [0.29, 0.717) is 16.6 Å². The molecule has 25 heavy (non-hydrogen) atoms. The molecule has 0 radical (unpaired) electrons. The molecule has 0 unspecified atom stereocenters. The Morgan fingerprint density at radius 2 is 1.84 bits per heavy atom. The highest BCUT2D eigenvalue weighted by Crippen LogP contribution is 2.13. The van der Waals surface area contributed by atoms with Crippen LogP contribution in [0.15, 0.2) is 58.1 Å². The topological polar surface area (TPSA) is 73.1 Å². The van der Waals surface area contributed by atoms with E-state index in [0.717, 1.165) is 8.14 Å². The van der Waals surface area contributed by atoms with Crippen molar-refractivity contribution in [1.82, 2.24) is 9.13 Å². The Kier molecular flexibility index (Phi) is 5.03. The van der Waals surface area contributed by atoms with Crippen molar-refractivity contribution in [3.8, 4) is 0 Å². The maximum absolute atomic E-state index is 12.6.